The van der Waals surface area contributed by atoms with Crippen molar-refractivity contribution in [3.63, 3.8) is 0 Å². The summed E-state index contributed by atoms with van der Waals surface area (Å²) in [5.41, 5.74) is 0.836. The Labute approximate surface area is 166 Å². The van der Waals surface area contributed by atoms with Crippen molar-refractivity contribution < 1.29 is 14.4 Å². The van der Waals surface area contributed by atoms with Crippen LogP contribution < -0.4 is 10.6 Å². The predicted molar refractivity (Wildman–Crippen MR) is 104 cm³/mol. The first-order valence-corrected chi connectivity index (χ1v) is 8.83. The number of nitrogens with one attached hydrogen (secondary N) is 2. The molecule has 0 bridgehead atoms. The van der Waals surface area contributed by atoms with Crippen molar-refractivity contribution in [2.75, 3.05) is 11.9 Å². The predicted octanol–water partition coefficient (Wildman–Crippen LogP) is 2.93. The molecule has 1 aliphatic heterocycles. The van der Waals surface area contributed by atoms with Crippen molar-refractivity contribution in [1.82, 2.24) is 10.2 Å². The number of anilines is 1. The molecule has 7 nitrogen and oxygen atoms in total. The number of imide groups is 1. The van der Waals surface area contributed by atoms with Crippen LogP contribution in [0.1, 0.15) is 23.6 Å². The lowest BCUT2D eigenvalue weighted by molar-refractivity contribution is -0.133. The molecule has 1 saturated heterocycles. The van der Waals surface area contributed by atoms with Gasteiger partial charge in [0.15, 0.2) is 0 Å². The average Bonchev–Trinajstić information content (AvgIpc) is 2.86. The van der Waals surface area contributed by atoms with Crippen LogP contribution in [0.5, 0.6) is 0 Å². The van der Waals surface area contributed by atoms with E-state index in [9.17, 15) is 14.4 Å². The average molecular weight is 397 g/mol. The van der Waals surface area contributed by atoms with Crippen LogP contribution in [0, 0.1) is 18.3 Å². The highest BCUT2D eigenvalue weighted by Crippen LogP contribution is 2.29. The van der Waals surface area contributed by atoms with Crippen LogP contribution in [0.15, 0.2) is 42.5 Å². The van der Waals surface area contributed by atoms with E-state index >= 15 is 0 Å². The fourth-order valence-electron chi connectivity index (χ4n) is 2.97. The number of aryl methyl sites for hydroxylation is 1. The minimum absolute atomic E-state index is 0.216. The zero-order valence-corrected chi connectivity index (χ0v) is 16.0. The molecule has 8 heteroatoms. The molecule has 1 fully saturated rings. The highest BCUT2D eigenvalue weighted by atomic mass is 35.5. The van der Waals surface area contributed by atoms with Gasteiger partial charge in [-0.25, -0.2) is 4.79 Å². The number of nitriles is 1. The number of halogens is 1. The minimum atomic E-state index is -1.25. The number of hydrogen-bond donors (Lipinski definition) is 2. The number of carbonyl (C=O) groups excluding carboxylic acids is 3. The number of urea groups is 1. The molecule has 0 radical (unpaired) electrons. The topological polar surface area (TPSA) is 102 Å². The lowest BCUT2D eigenvalue weighted by Crippen LogP contribution is -2.42. The lowest BCUT2D eigenvalue weighted by atomic mass is 9.91. The fourth-order valence-corrected chi connectivity index (χ4v) is 3.15. The molecule has 2 aromatic rings. The van der Waals surface area contributed by atoms with Gasteiger partial charge in [-0.3, -0.25) is 14.5 Å². The molecule has 2 N–H and O–H groups in total. The molecule has 0 aliphatic carbocycles. The third-order valence-corrected chi connectivity index (χ3v) is 4.82. The van der Waals surface area contributed by atoms with Gasteiger partial charge < -0.3 is 10.6 Å². The maximum atomic E-state index is 12.9. The molecular formula is C20H17ClN4O3. The standard InChI is InChI=1S/C20H17ClN4O3/c1-12-3-6-14(7-4-12)20(2)18(27)25(19(28)24-20)11-17(26)23-16-9-15(21)8-5-13(16)10-22/h3-9H,11H2,1-2H3,(H,23,26)(H,24,28)/t20-/m0/s1. The van der Waals surface area contributed by atoms with Gasteiger partial charge in [-0.1, -0.05) is 41.4 Å². The summed E-state index contributed by atoms with van der Waals surface area (Å²) in [5.74, 6) is -1.14. The van der Waals surface area contributed by atoms with Crippen LogP contribution in [0.4, 0.5) is 10.5 Å². The van der Waals surface area contributed by atoms with Crippen molar-refractivity contribution in [2.24, 2.45) is 0 Å². The van der Waals surface area contributed by atoms with Gasteiger partial charge in [-0.05, 0) is 37.6 Å². The minimum Gasteiger partial charge on any atom is -0.323 e. The van der Waals surface area contributed by atoms with Gasteiger partial charge in [0.2, 0.25) is 5.91 Å². The molecular weight excluding hydrogens is 380 g/mol. The quantitative estimate of drug-likeness (QED) is 0.775. The third-order valence-electron chi connectivity index (χ3n) is 4.58. The molecule has 0 saturated carbocycles. The monoisotopic (exact) mass is 396 g/mol. The first-order chi connectivity index (χ1) is 13.2. The number of benzene rings is 2. The van der Waals surface area contributed by atoms with Gasteiger partial charge >= 0.3 is 6.03 Å². The molecule has 0 aromatic heterocycles. The zero-order valence-electron chi connectivity index (χ0n) is 15.2. The molecule has 0 unspecified atom stereocenters. The van der Waals surface area contributed by atoms with E-state index in [1.807, 2.05) is 25.1 Å². The first kappa shape index (κ1) is 19.4. The van der Waals surface area contributed by atoms with Crippen LogP contribution >= 0.6 is 11.6 Å². The summed E-state index contributed by atoms with van der Waals surface area (Å²) in [4.78, 5) is 38.5. The molecule has 0 spiro atoms. The molecule has 1 atom stereocenters. The van der Waals surface area contributed by atoms with Crippen LogP contribution in [0.2, 0.25) is 5.02 Å². The van der Waals surface area contributed by atoms with E-state index in [0.717, 1.165) is 10.5 Å². The second-order valence-electron chi connectivity index (χ2n) is 6.66. The summed E-state index contributed by atoms with van der Waals surface area (Å²) in [6.45, 7) is 3.03. The number of amides is 4. The Morgan fingerprint density at radius 1 is 1.25 bits per heavy atom. The van der Waals surface area contributed by atoms with Crippen LogP contribution in [0.3, 0.4) is 0 Å². The Morgan fingerprint density at radius 3 is 2.57 bits per heavy atom. The van der Waals surface area contributed by atoms with Crippen molar-refractivity contribution in [2.45, 2.75) is 19.4 Å². The number of rotatable bonds is 4. The summed E-state index contributed by atoms with van der Waals surface area (Å²) in [5, 5.41) is 14.7. The van der Waals surface area contributed by atoms with Crippen molar-refractivity contribution in [1.29, 1.82) is 5.26 Å². The molecule has 28 heavy (non-hydrogen) atoms. The second kappa shape index (κ2) is 7.33. The molecule has 142 valence electrons. The van der Waals surface area contributed by atoms with E-state index < -0.39 is 29.9 Å². The van der Waals surface area contributed by atoms with Crippen LogP contribution in [-0.4, -0.2) is 29.3 Å². The lowest BCUT2D eigenvalue weighted by Gasteiger charge is -2.22. The van der Waals surface area contributed by atoms with Gasteiger partial charge in [0.1, 0.15) is 18.2 Å². The summed E-state index contributed by atoms with van der Waals surface area (Å²) >= 11 is 5.90. The highest BCUT2D eigenvalue weighted by molar-refractivity contribution is 6.31. The Kier molecular flexibility index (Phi) is 5.08. The van der Waals surface area contributed by atoms with E-state index in [4.69, 9.17) is 16.9 Å². The van der Waals surface area contributed by atoms with Crippen LogP contribution in [-0.2, 0) is 15.1 Å². The van der Waals surface area contributed by atoms with E-state index in [1.165, 1.54) is 18.2 Å². The van der Waals surface area contributed by atoms with Gasteiger partial charge in [-0.15, -0.1) is 0 Å². The van der Waals surface area contributed by atoms with Gasteiger partial charge in [-0.2, -0.15) is 5.26 Å². The summed E-state index contributed by atoms with van der Waals surface area (Å²) in [6.07, 6.45) is 0. The molecule has 4 amide bonds. The van der Waals surface area contributed by atoms with Gasteiger partial charge in [0.25, 0.3) is 5.91 Å². The Balaban J connectivity index is 1.78. The maximum Gasteiger partial charge on any atom is 0.325 e. The Hall–Kier alpha value is -3.37. The summed E-state index contributed by atoms with van der Waals surface area (Å²) < 4.78 is 0. The first-order valence-electron chi connectivity index (χ1n) is 8.45. The number of carbonyl (C=O) groups is 3. The van der Waals surface area contributed by atoms with E-state index in [1.54, 1.807) is 19.1 Å². The van der Waals surface area contributed by atoms with Crippen molar-refractivity contribution in [3.05, 3.63) is 64.2 Å². The van der Waals surface area contributed by atoms with Crippen molar-refractivity contribution >= 4 is 35.1 Å². The molecule has 1 heterocycles. The van der Waals surface area contributed by atoms with E-state index in [-0.39, 0.29) is 11.3 Å². The maximum absolute atomic E-state index is 12.9. The van der Waals surface area contributed by atoms with Gasteiger partial charge in [0, 0.05) is 5.02 Å². The van der Waals surface area contributed by atoms with E-state index in [2.05, 4.69) is 10.6 Å². The van der Waals surface area contributed by atoms with Crippen molar-refractivity contribution in [3.8, 4) is 6.07 Å². The Bertz CT molecular complexity index is 1010. The molecule has 1 aliphatic rings. The number of hydrogen-bond acceptors (Lipinski definition) is 4. The van der Waals surface area contributed by atoms with E-state index in [0.29, 0.717) is 10.6 Å². The third kappa shape index (κ3) is 3.55. The Morgan fingerprint density at radius 2 is 1.93 bits per heavy atom. The number of nitrogens with zero attached hydrogens (tertiary/aromatic N) is 2. The smallest absolute Gasteiger partial charge is 0.323 e. The fraction of sp³-hybridized carbons (Fsp3) is 0.200. The normalized spacial score (nSPS) is 18.6. The van der Waals surface area contributed by atoms with Gasteiger partial charge in [0.05, 0.1) is 11.3 Å². The summed E-state index contributed by atoms with van der Waals surface area (Å²) in [6, 6.07) is 12.9. The SMILES string of the molecule is Cc1ccc([C@]2(C)NC(=O)N(CC(=O)Nc3cc(Cl)ccc3C#N)C2=O)cc1. The largest absolute Gasteiger partial charge is 0.325 e. The highest BCUT2D eigenvalue weighted by Gasteiger charge is 2.49. The summed E-state index contributed by atoms with van der Waals surface area (Å²) in [7, 11) is 0. The second-order valence-corrected chi connectivity index (χ2v) is 7.10. The molecule has 3 rings (SSSR count). The molecule has 2 aromatic carbocycles. The van der Waals surface area contributed by atoms with Crippen LogP contribution in [0.25, 0.3) is 0 Å². The zero-order chi connectivity index (χ0) is 20.5.